The number of fused-ring (bicyclic) bond motifs is 1. The number of sulfonamides is 1. The molecule has 1 heterocycles. The molecule has 5 nitrogen and oxygen atoms in total. The lowest BCUT2D eigenvalue weighted by Gasteiger charge is -2.14. The number of hydrogen-bond donors (Lipinski definition) is 0. The summed E-state index contributed by atoms with van der Waals surface area (Å²) < 4.78 is 25.2. The van der Waals surface area contributed by atoms with Crippen LogP contribution in [0.1, 0.15) is 17.3 Å². The van der Waals surface area contributed by atoms with Gasteiger partial charge in [0, 0.05) is 6.08 Å². The lowest BCUT2D eigenvalue weighted by Crippen LogP contribution is -2.31. The van der Waals surface area contributed by atoms with Crippen LogP contribution in [0, 0.1) is 11.3 Å². The summed E-state index contributed by atoms with van der Waals surface area (Å²) in [6.45, 7) is 1.43. The zero-order chi connectivity index (χ0) is 14.2. The molecule has 0 spiro atoms. The summed E-state index contributed by atoms with van der Waals surface area (Å²) in [6, 6.07) is 6.09. The molecule has 1 aromatic rings. The number of rotatable bonds is 2. The summed E-state index contributed by atoms with van der Waals surface area (Å²) in [5.41, 5.74) is 0.470. The van der Waals surface area contributed by atoms with E-state index in [1.165, 1.54) is 24.3 Å². The second-order valence-corrected chi connectivity index (χ2v) is 6.29. The van der Waals surface area contributed by atoms with Crippen molar-refractivity contribution in [1.82, 2.24) is 4.31 Å². The molecular formula is C12H9ClN2O3S. The van der Waals surface area contributed by atoms with Gasteiger partial charge in [-0.05, 0) is 24.6 Å². The number of benzene rings is 1. The Morgan fingerprint density at radius 1 is 1.53 bits per heavy atom. The average Bonchev–Trinajstić information content (AvgIpc) is 2.52. The third-order valence-electron chi connectivity index (χ3n) is 2.69. The fourth-order valence-electron chi connectivity index (χ4n) is 1.82. The summed E-state index contributed by atoms with van der Waals surface area (Å²) in [5.74, 6) is -0.661. The lowest BCUT2D eigenvalue weighted by atomic mass is 10.2. The molecule has 98 valence electrons. The van der Waals surface area contributed by atoms with Crippen LogP contribution in [0.25, 0.3) is 0 Å². The minimum absolute atomic E-state index is 0.00563. The first-order chi connectivity index (χ1) is 8.89. The van der Waals surface area contributed by atoms with Crippen molar-refractivity contribution >= 4 is 27.5 Å². The first-order valence-electron chi connectivity index (χ1n) is 5.30. The molecule has 0 atom stereocenters. The van der Waals surface area contributed by atoms with Gasteiger partial charge < -0.3 is 0 Å². The highest BCUT2D eigenvalue weighted by molar-refractivity contribution is 7.90. The van der Waals surface area contributed by atoms with Gasteiger partial charge >= 0.3 is 0 Å². The Morgan fingerprint density at radius 2 is 2.21 bits per heavy atom. The second-order valence-electron chi connectivity index (χ2n) is 4.05. The van der Waals surface area contributed by atoms with E-state index >= 15 is 0 Å². The zero-order valence-corrected chi connectivity index (χ0v) is 11.5. The lowest BCUT2D eigenvalue weighted by molar-refractivity contribution is 0.0878. The van der Waals surface area contributed by atoms with E-state index in [0.29, 0.717) is 5.57 Å². The topological polar surface area (TPSA) is 78.2 Å². The van der Waals surface area contributed by atoms with Crippen molar-refractivity contribution in [2.45, 2.75) is 11.8 Å². The molecule has 19 heavy (non-hydrogen) atoms. The van der Waals surface area contributed by atoms with Crippen molar-refractivity contribution in [1.29, 1.82) is 5.26 Å². The van der Waals surface area contributed by atoms with Gasteiger partial charge in [0.2, 0.25) is 0 Å². The van der Waals surface area contributed by atoms with Crippen LogP contribution in [0.15, 0.2) is 34.7 Å². The van der Waals surface area contributed by atoms with Gasteiger partial charge in [0.15, 0.2) is 0 Å². The quantitative estimate of drug-likeness (QED) is 0.782. The summed E-state index contributed by atoms with van der Waals surface area (Å²) in [4.78, 5) is 12.0. The number of carbonyl (C=O) groups is 1. The fourth-order valence-corrected chi connectivity index (χ4v) is 3.76. The van der Waals surface area contributed by atoms with Gasteiger partial charge in [-0.3, -0.25) is 4.79 Å². The molecule has 7 heteroatoms. The Kier molecular flexibility index (Phi) is 3.35. The zero-order valence-electron chi connectivity index (χ0n) is 9.92. The van der Waals surface area contributed by atoms with Crippen LogP contribution in [0.4, 0.5) is 0 Å². The van der Waals surface area contributed by atoms with Crippen LogP contribution in [0.2, 0.25) is 5.02 Å². The maximum absolute atomic E-state index is 12.2. The highest BCUT2D eigenvalue weighted by atomic mass is 35.5. The number of halogens is 1. The first kappa shape index (κ1) is 13.6. The van der Waals surface area contributed by atoms with Gasteiger partial charge in [-0.15, -0.1) is 0 Å². The molecule has 0 unspecified atom stereocenters. The maximum atomic E-state index is 12.2. The molecule has 0 aliphatic carbocycles. The van der Waals surface area contributed by atoms with Crippen molar-refractivity contribution < 1.29 is 13.2 Å². The molecule has 0 radical (unpaired) electrons. The van der Waals surface area contributed by atoms with E-state index in [-0.39, 0.29) is 22.0 Å². The third kappa shape index (κ3) is 2.11. The molecule has 1 aliphatic heterocycles. The van der Waals surface area contributed by atoms with Crippen LogP contribution in [-0.4, -0.2) is 25.2 Å². The molecule has 0 bridgehead atoms. The monoisotopic (exact) mass is 296 g/mol. The highest BCUT2D eigenvalue weighted by Gasteiger charge is 2.42. The van der Waals surface area contributed by atoms with E-state index < -0.39 is 15.9 Å². The van der Waals surface area contributed by atoms with E-state index in [2.05, 4.69) is 0 Å². The molecular weight excluding hydrogens is 288 g/mol. The van der Waals surface area contributed by atoms with Crippen molar-refractivity contribution in [3.05, 3.63) is 40.4 Å². The molecule has 1 amide bonds. The number of nitriles is 1. The number of hydrogen-bond acceptors (Lipinski definition) is 4. The van der Waals surface area contributed by atoms with E-state index in [1.54, 1.807) is 13.0 Å². The summed E-state index contributed by atoms with van der Waals surface area (Å²) in [7, 11) is -3.88. The SMILES string of the molecule is CC(=CC#N)CN1C(=O)c2c(Cl)cccc2S1(=O)=O. The van der Waals surface area contributed by atoms with Gasteiger partial charge in [-0.2, -0.15) is 5.26 Å². The van der Waals surface area contributed by atoms with E-state index in [0.717, 1.165) is 4.31 Å². The Hall–Kier alpha value is -1.84. The normalized spacial score (nSPS) is 17.2. The first-order valence-corrected chi connectivity index (χ1v) is 7.12. The Morgan fingerprint density at radius 3 is 2.79 bits per heavy atom. The number of nitrogens with zero attached hydrogens (tertiary/aromatic N) is 2. The van der Waals surface area contributed by atoms with Crippen molar-refractivity contribution in [3.63, 3.8) is 0 Å². The molecule has 0 fully saturated rings. The average molecular weight is 297 g/mol. The number of allylic oxidation sites excluding steroid dienone is 1. The molecule has 1 aromatic carbocycles. The predicted octanol–water partition coefficient (Wildman–Crippen LogP) is 1.95. The van der Waals surface area contributed by atoms with Crippen molar-refractivity contribution in [3.8, 4) is 6.07 Å². The van der Waals surface area contributed by atoms with E-state index in [4.69, 9.17) is 16.9 Å². The minimum atomic E-state index is -3.88. The van der Waals surface area contributed by atoms with Gasteiger partial charge in [0.05, 0.1) is 23.2 Å². The number of carbonyl (C=O) groups excluding carboxylic acids is 1. The Bertz CT molecular complexity index is 732. The second kappa shape index (κ2) is 4.68. The summed E-state index contributed by atoms with van der Waals surface area (Å²) in [6.07, 6.45) is 1.20. The van der Waals surface area contributed by atoms with Gasteiger partial charge in [0.1, 0.15) is 4.90 Å². The molecule has 0 saturated carbocycles. The summed E-state index contributed by atoms with van der Waals surface area (Å²) >= 11 is 5.88. The van der Waals surface area contributed by atoms with Crippen molar-refractivity contribution in [2.24, 2.45) is 0 Å². The van der Waals surface area contributed by atoms with Crippen LogP contribution in [-0.2, 0) is 10.0 Å². The molecule has 0 aromatic heterocycles. The van der Waals surface area contributed by atoms with Crippen LogP contribution >= 0.6 is 11.6 Å². The van der Waals surface area contributed by atoms with Gasteiger partial charge in [0.25, 0.3) is 15.9 Å². The van der Waals surface area contributed by atoms with Crippen LogP contribution in [0.3, 0.4) is 0 Å². The molecule has 1 aliphatic rings. The fraction of sp³-hybridized carbons (Fsp3) is 0.167. The van der Waals surface area contributed by atoms with Gasteiger partial charge in [-0.1, -0.05) is 17.7 Å². The molecule has 0 saturated heterocycles. The minimum Gasteiger partial charge on any atom is -0.268 e. The van der Waals surface area contributed by atoms with Crippen LogP contribution in [0.5, 0.6) is 0 Å². The van der Waals surface area contributed by atoms with Crippen molar-refractivity contribution in [2.75, 3.05) is 6.54 Å². The Balaban J connectivity index is 2.54. The van der Waals surface area contributed by atoms with Gasteiger partial charge in [-0.25, -0.2) is 12.7 Å². The largest absolute Gasteiger partial charge is 0.270 e. The van der Waals surface area contributed by atoms with E-state index in [9.17, 15) is 13.2 Å². The number of amides is 1. The highest BCUT2D eigenvalue weighted by Crippen LogP contribution is 2.34. The summed E-state index contributed by atoms with van der Waals surface area (Å²) in [5, 5.41) is 8.63. The smallest absolute Gasteiger partial charge is 0.268 e. The molecule has 0 N–H and O–H groups in total. The predicted molar refractivity (Wildman–Crippen MR) is 69.0 cm³/mol. The Labute approximate surface area is 115 Å². The van der Waals surface area contributed by atoms with Crippen LogP contribution < -0.4 is 0 Å². The standard InChI is InChI=1S/C12H9ClN2O3S/c1-8(5-6-14)7-15-12(16)11-9(13)3-2-4-10(11)19(15,17)18/h2-5H,7H2,1H3. The van der Waals surface area contributed by atoms with E-state index in [1.807, 2.05) is 0 Å². The third-order valence-corrected chi connectivity index (χ3v) is 4.77. The molecule has 2 rings (SSSR count). The maximum Gasteiger partial charge on any atom is 0.270 e.